The normalized spacial score (nSPS) is 29.0. The van der Waals surface area contributed by atoms with E-state index in [2.05, 4.69) is 66.0 Å². The number of rotatable bonds is 28. The monoisotopic (exact) mass is 1820 g/mol. The van der Waals surface area contributed by atoms with Gasteiger partial charge in [-0.3, -0.25) is 19.2 Å². The molecule has 726 valence electrons. The first kappa shape index (κ1) is 117. The lowest BCUT2D eigenvalue weighted by atomic mass is 9.74. The van der Waals surface area contributed by atoms with Crippen LogP contribution in [0, 0.1) is 16.2 Å². The van der Waals surface area contributed by atoms with Gasteiger partial charge >= 0.3 is 35.8 Å². The zero-order valence-corrected chi connectivity index (χ0v) is 77.3. The van der Waals surface area contributed by atoms with Crippen molar-refractivity contribution in [3.05, 3.63) is 151 Å². The van der Waals surface area contributed by atoms with Gasteiger partial charge in [-0.25, -0.2) is 9.59 Å². The van der Waals surface area contributed by atoms with Gasteiger partial charge in [0.05, 0.1) is 101 Å². The SMILES string of the molecule is C.C.C=C1C[C@H](O)CCOCC[C@@H]2C[C@H](CC(=O)OC/C=C/C=C/C(C)(C)C)O[C@H](/C=C/C(C)(C)[C@]3(O)OC(C/C(=C\C(=O)OC)[C@@H]3OC(=O)CCCCCCC)C[C@H](CO)O1)O2.C=C1C[C@H](O)CCOCC[C@@H]2C[C@H](CC(=O)OC/C=C/c3ccc4ccccc4c3)O[C@H](/C=C/C(C)(C)[C@]3(O)OC(C/C(=C\C(=O)OC)[C@@H]3OC(=O)CCCCCCC)C[C@H](CO)O1)O2.[B].[B]. The molecule has 6 N–H and O–H groups in total. The summed E-state index contributed by atoms with van der Waals surface area (Å²) in [6.07, 6.45) is 19.9. The van der Waals surface area contributed by atoms with E-state index in [1.807, 2.05) is 48.6 Å². The van der Waals surface area contributed by atoms with E-state index < -0.39 is 151 Å². The number of ether oxygens (including phenoxy) is 16. The van der Waals surface area contributed by atoms with Gasteiger partial charge in [0.15, 0.2) is 24.8 Å². The Morgan fingerprint density at radius 2 is 0.931 bits per heavy atom. The Bertz CT molecular complexity index is 3970. The zero-order chi connectivity index (χ0) is 91.9. The average Bonchev–Trinajstić information content (AvgIpc) is 0.746. The van der Waals surface area contributed by atoms with Crippen LogP contribution in [-0.4, -0.2) is 248 Å². The lowest BCUT2D eigenvalue weighted by Crippen LogP contribution is -2.62. The lowest BCUT2D eigenvalue weighted by molar-refractivity contribution is -0.327. The first-order valence-corrected chi connectivity index (χ1v) is 45.1. The highest BCUT2D eigenvalue weighted by Gasteiger charge is 2.59. The second-order valence-corrected chi connectivity index (χ2v) is 35.7. The van der Waals surface area contributed by atoms with Crippen molar-refractivity contribution in [3.63, 3.8) is 0 Å². The minimum atomic E-state index is -2.30. The van der Waals surface area contributed by atoms with Gasteiger partial charge in [0.1, 0.15) is 25.4 Å². The molecule has 6 aliphatic heterocycles. The number of aliphatic hydroxyl groups is 6. The van der Waals surface area contributed by atoms with Crippen LogP contribution in [0.15, 0.2) is 145 Å². The van der Waals surface area contributed by atoms with E-state index in [0.29, 0.717) is 64.6 Å². The molecule has 0 amide bonds. The molecule has 0 spiro atoms. The zero-order valence-electron chi connectivity index (χ0n) is 77.3. The van der Waals surface area contributed by atoms with Crippen LogP contribution < -0.4 is 0 Å². The summed E-state index contributed by atoms with van der Waals surface area (Å²) in [5, 5.41) is 70.3. The minimum absolute atomic E-state index is 0. The number of fused-ring (bicyclic) bond motifs is 9. The maximum absolute atomic E-state index is 13.5. The maximum atomic E-state index is 13.5. The second kappa shape index (κ2) is 59.2. The topological polar surface area (TPSA) is 371 Å². The van der Waals surface area contributed by atoms with Gasteiger partial charge < -0.3 is 106 Å². The highest BCUT2D eigenvalue weighted by atomic mass is 16.7. The van der Waals surface area contributed by atoms with Crippen LogP contribution in [0.5, 0.6) is 0 Å². The number of methoxy groups -OCH3 is 2. The molecular weight excluding hydrogens is 1670 g/mol. The number of benzene rings is 2. The maximum Gasteiger partial charge on any atom is 0.330 e. The van der Waals surface area contributed by atoms with Crippen LogP contribution in [0.25, 0.3) is 16.8 Å². The largest absolute Gasteiger partial charge is 0.493 e. The quantitative estimate of drug-likeness (QED) is 0.00876. The minimum Gasteiger partial charge on any atom is -0.493 e. The van der Waals surface area contributed by atoms with E-state index in [4.69, 9.17) is 75.8 Å². The molecular formula is C100H152B2O28. The molecule has 6 radical (unpaired) electrons. The summed E-state index contributed by atoms with van der Waals surface area (Å²) < 4.78 is 95.2. The van der Waals surface area contributed by atoms with Crippen LogP contribution in [0.2, 0.25) is 0 Å². The lowest BCUT2D eigenvalue weighted by Gasteiger charge is -2.51. The molecule has 130 heavy (non-hydrogen) atoms. The van der Waals surface area contributed by atoms with Gasteiger partial charge in [-0.15, -0.1) is 0 Å². The summed E-state index contributed by atoms with van der Waals surface area (Å²) in [4.78, 5) is 78.8. The average molecular weight is 1820 g/mol. The van der Waals surface area contributed by atoms with Crippen LogP contribution in [0.1, 0.15) is 250 Å². The van der Waals surface area contributed by atoms with Crippen LogP contribution in [0.4, 0.5) is 0 Å². The number of unbranched alkanes of at least 4 members (excludes halogenated alkanes) is 8. The summed E-state index contributed by atoms with van der Waals surface area (Å²) in [5.74, 6) is -7.58. The van der Waals surface area contributed by atoms with E-state index in [1.54, 1.807) is 64.2 Å². The number of allylic oxidation sites excluding steroid dienone is 3. The molecule has 4 fully saturated rings. The Kier molecular flexibility index (Phi) is 53.0. The summed E-state index contributed by atoms with van der Waals surface area (Å²) in [5.41, 5.74) is -1.24. The summed E-state index contributed by atoms with van der Waals surface area (Å²) in [6, 6.07) is 14.2. The number of esters is 6. The first-order valence-electron chi connectivity index (χ1n) is 45.1. The number of carbonyl (C=O) groups excluding carboxylic acids is 6. The molecule has 2 unspecified atom stereocenters. The molecule has 0 aliphatic carbocycles. The van der Waals surface area contributed by atoms with Gasteiger partial charge in [0.25, 0.3) is 0 Å². The van der Waals surface area contributed by atoms with Crippen molar-refractivity contribution in [1.29, 1.82) is 0 Å². The van der Waals surface area contributed by atoms with Crippen LogP contribution in [0.3, 0.4) is 0 Å². The Labute approximate surface area is 776 Å². The predicted molar refractivity (Wildman–Crippen MR) is 497 cm³/mol. The van der Waals surface area contributed by atoms with Crippen molar-refractivity contribution in [1.82, 2.24) is 0 Å². The number of hydrogen-bond acceptors (Lipinski definition) is 28. The Morgan fingerprint density at radius 1 is 0.515 bits per heavy atom. The van der Waals surface area contributed by atoms with Crippen molar-refractivity contribution < 1.29 is 135 Å². The van der Waals surface area contributed by atoms with Gasteiger partial charge in [0, 0.05) is 118 Å². The number of carbonyl (C=O) groups is 6. The number of aliphatic hydroxyl groups excluding tert-OH is 4. The number of hydrogen-bond donors (Lipinski definition) is 6. The van der Waals surface area contributed by atoms with E-state index in [-0.39, 0.29) is 156 Å². The van der Waals surface area contributed by atoms with Crippen molar-refractivity contribution in [2.45, 2.75) is 342 Å². The third-order valence-electron chi connectivity index (χ3n) is 22.8. The molecule has 30 heteroatoms. The third kappa shape index (κ3) is 39.9. The fraction of sp³-hybridized carbons (Fsp3) is 0.660. The summed E-state index contributed by atoms with van der Waals surface area (Å²) in [6.45, 7) is 25.6. The molecule has 0 aromatic heterocycles. The molecule has 16 atom stereocenters. The van der Waals surface area contributed by atoms with Crippen molar-refractivity contribution in [2.75, 3.05) is 67.1 Å². The van der Waals surface area contributed by atoms with E-state index in [1.165, 1.54) is 26.4 Å². The third-order valence-corrected chi connectivity index (χ3v) is 22.8. The van der Waals surface area contributed by atoms with Crippen LogP contribution in [-0.2, 0) is 105 Å². The fourth-order valence-corrected chi connectivity index (χ4v) is 15.7. The molecule has 6 aliphatic rings. The Balaban J connectivity index is 0.000000652. The molecule has 4 saturated heterocycles. The first-order chi connectivity index (χ1) is 60.1. The molecule has 8 bridgehead atoms. The van der Waals surface area contributed by atoms with E-state index >= 15 is 0 Å². The fourth-order valence-electron chi connectivity index (χ4n) is 15.7. The molecule has 8 rings (SSSR count). The second-order valence-electron chi connectivity index (χ2n) is 35.7. The van der Waals surface area contributed by atoms with Crippen molar-refractivity contribution >= 4 is 69.5 Å². The molecule has 28 nitrogen and oxygen atoms in total. The predicted octanol–water partition coefficient (Wildman–Crippen LogP) is 14.9. The Hall–Kier alpha value is -7.65. The van der Waals surface area contributed by atoms with Gasteiger partial charge in [0.2, 0.25) is 11.6 Å². The molecule has 2 aromatic carbocycles. The summed E-state index contributed by atoms with van der Waals surface area (Å²) in [7, 11) is 2.45. The van der Waals surface area contributed by atoms with E-state index in [0.717, 1.165) is 67.7 Å². The van der Waals surface area contributed by atoms with E-state index in [9.17, 15) is 59.4 Å². The van der Waals surface area contributed by atoms with Crippen molar-refractivity contribution in [3.8, 4) is 0 Å². The molecule has 0 saturated carbocycles. The standard InChI is InChI=1S/C51H70O14.C47H74O14.2CH4.2B/c1-6-7-8-9-10-17-45(54)64-49-39(30-46(55)58-5)29-43-32-44(34-52)61-35(2)27-40(53)21-25-59-26-22-41-31-42(63-48(62-41)20-23-50(3,4)51(49,57)65-43)33-47(56)60-24-13-14-36-18-19-37-15-11-12-16-38(37)28-36;1-9-10-11-12-14-17-40(50)60-44-34(28-41(51)54-8)27-38-30-39(32-48)57-33(2)26-35(49)19-24-55-25-20-36-29-37(31-42(52)56-23-16-13-15-21-45(3,4)5)59-43(58-36)18-22-46(6,7)47(44,53)61-38;;;;/h11-16,18-20,23,28,30,40-44,48-49,52-53,57H,2,6-10,17,21-22,24-27,29,31-34H2,1,3-5H3;13,15-16,18,21-22,28,35-39,43-44,48-49,53H,2,9-12,14,17,19-20,23-27,29-32H2,1,3-8H3;2*1H4;;/b14-13+,23-20+,39-30+;16-13+,21-15+,22-18+,34-28+;;;;/t40-,41-,42-,43?,44-,48-,49+,51-;35-,36-,37-,38?,39-,43-,44+,47-;;;;/m11..../s1. The van der Waals surface area contributed by atoms with Gasteiger partial charge in [-0.2, -0.15) is 0 Å². The molecule has 6 heterocycles. The molecule has 2 aromatic rings. The highest BCUT2D eigenvalue weighted by Crippen LogP contribution is 2.49. The Morgan fingerprint density at radius 3 is 1.35 bits per heavy atom. The van der Waals surface area contributed by atoms with Gasteiger partial charge in [-0.05, 0) is 115 Å². The summed E-state index contributed by atoms with van der Waals surface area (Å²) >= 11 is 0. The highest BCUT2D eigenvalue weighted by molar-refractivity contribution is 5.85. The van der Waals surface area contributed by atoms with Crippen LogP contribution >= 0.6 is 0 Å². The van der Waals surface area contributed by atoms with Gasteiger partial charge in [-0.1, -0.05) is 215 Å². The van der Waals surface area contributed by atoms with Crippen molar-refractivity contribution in [2.24, 2.45) is 16.2 Å². The smallest absolute Gasteiger partial charge is 0.330 e.